The lowest BCUT2D eigenvalue weighted by Gasteiger charge is -2.07. The van der Waals surface area contributed by atoms with E-state index in [0.717, 1.165) is 24.3 Å². The van der Waals surface area contributed by atoms with Gasteiger partial charge in [0.15, 0.2) is 17.0 Å². The normalized spacial score (nSPS) is 10.9. The van der Waals surface area contributed by atoms with Gasteiger partial charge >= 0.3 is 0 Å². The van der Waals surface area contributed by atoms with Crippen molar-refractivity contribution in [3.63, 3.8) is 0 Å². The SMILES string of the molecule is COc1ccc(CCNc2ncnc3c2nnn3Cc2ccccc2Cl)cc1. The maximum Gasteiger partial charge on any atom is 0.184 e. The molecule has 0 fully saturated rings. The molecule has 4 aromatic rings. The summed E-state index contributed by atoms with van der Waals surface area (Å²) in [5, 5.41) is 12.5. The number of aromatic nitrogens is 5. The number of hydrogen-bond acceptors (Lipinski definition) is 6. The summed E-state index contributed by atoms with van der Waals surface area (Å²) in [5.41, 5.74) is 3.48. The summed E-state index contributed by atoms with van der Waals surface area (Å²) in [5.74, 6) is 1.52. The third-order valence-electron chi connectivity index (χ3n) is 4.44. The number of hydrogen-bond donors (Lipinski definition) is 1. The fourth-order valence-corrected chi connectivity index (χ4v) is 3.13. The van der Waals surface area contributed by atoms with E-state index < -0.39 is 0 Å². The summed E-state index contributed by atoms with van der Waals surface area (Å²) in [6, 6.07) is 15.7. The molecule has 0 spiro atoms. The van der Waals surface area contributed by atoms with E-state index in [-0.39, 0.29) is 0 Å². The van der Waals surface area contributed by atoms with Crippen LogP contribution in [0, 0.1) is 0 Å². The van der Waals surface area contributed by atoms with E-state index in [1.54, 1.807) is 11.8 Å². The summed E-state index contributed by atoms with van der Waals surface area (Å²) in [6.45, 7) is 1.22. The predicted octanol–water partition coefficient (Wildman–Crippen LogP) is 3.59. The molecule has 8 heteroatoms. The summed E-state index contributed by atoms with van der Waals surface area (Å²) < 4.78 is 6.91. The third-order valence-corrected chi connectivity index (χ3v) is 4.81. The van der Waals surface area contributed by atoms with Crippen LogP contribution < -0.4 is 10.1 Å². The average molecular weight is 395 g/mol. The minimum Gasteiger partial charge on any atom is -0.497 e. The second-order valence-electron chi connectivity index (χ2n) is 6.26. The highest BCUT2D eigenvalue weighted by Crippen LogP contribution is 2.20. The number of nitrogens with one attached hydrogen (secondary N) is 1. The van der Waals surface area contributed by atoms with Crippen molar-refractivity contribution in [3.8, 4) is 5.75 Å². The molecule has 0 amide bonds. The van der Waals surface area contributed by atoms with Crippen LogP contribution in [0.5, 0.6) is 5.75 Å². The number of rotatable bonds is 7. The van der Waals surface area contributed by atoms with E-state index in [1.807, 2.05) is 36.4 Å². The highest BCUT2D eigenvalue weighted by atomic mass is 35.5. The molecular formula is C20H19ClN6O. The molecule has 28 heavy (non-hydrogen) atoms. The second kappa shape index (κ2) is 8.22. The van der Waals surface area contributed by atoms with Gasteiger partial charge in [0.25, 0.3) is 0 Å². The lowest BCUT2D eigenvalue weighted by atomic mass is 10.1. The van der Waals surface area contributed by atoms with Crippen LogP contribution in [0.3, 0.4) is 0 Å². The van der Waals surface area contributed by atoms with Crippen molar-refractivity contribution in [1.29, 1.82) is 0 Å². The Balaban J connectivity index is 1.47. The number of fused-ring (bicyclic) bond motifs is 1. The van der Waals surface area contributed by atoms with Gasteiger partial charge in [-0.1, -0.05) is 47.1 Å². The lowest BCUT2D eigenvalue weighted by Crippen LogP contribution is -2.08. The molecule has 1 N–H and O–H groups in total. The van der Waals surface area contributed by atoms with Gasteiger partial charge in [0, 0.05) is 11.6 Å². The molecule has 0 aliphatic rings. The molecule has 0 saturated carbocycles. The minimum atomic E-state index is 0.498. The zero-order valence-electron chi connectivity index (χ0n) is 15.3. The molecule has 142 valence electrons. The second-order valence-corrected chi connectivity index (χ2v) is 6.67. The summed E-state index contributed by atoms with van der Waals surface area (Å²) in [4.78, 5) is 8.66. The highest BCUT2D eigenvalue weighted by Gasteiger charge is 2.12. The average Bonchev–Trinajstić information content (AvgIpc) is 3.14. The van der Waals surface area contributed by atoms with Crippen LogP contribution in [0.25, 0.3) is 11.2 Å². The van der Waals surface area contributed by atoms with E-state index in [2.05, 4.69) is 37.7 Å². The Labute approximate surface area is 167 Å². The van der Waals surface area contributed by atoms with Crippen LogP contribution in [0.4, 0.5) is 5.82 Å². The number of ether oxygens (including phenoxy) is 1. The highest BCUT2D eigenvalue weighted by molar-refractivity contribution is 6.31. The number of nitrogens with zero attached hydrogens (tertiary/aromatic N) is 5. The van der Waals surface area contributed by atoms with Crippen LogP contribution in [0.2, 0.25) is 5.02 Å². The van der Waals surface area contributed by atoms with Gasteiger partial charge in [0.05, 0.1) is 13.7 Å². The molecule has 0 aliphatic carbocycles. The van der Waals surface area contributed by atoms with E-state index in [0.29, 0.717) is 28.5 Å². The molecule has 0 bridgehead atoms. The quantitative estimate of drug-likeness (QED) is 0.516. The van der Waals surface area contributed by atoms with Crippen molar-refractivity contribution in [3.05, 3.63) is 71.0 Å². The molecule has 2 aromatic carbocycles. The van der Waals surface area contributed by atoms with Gasteiger partial charge in [0.1, 0.15) is 12.1 Å². The van der Waals surface area contributed by atoms with Gasteiger partial charge in [-0.25, -0.2) is 14.6 Å². The van der Waals surface area contributed by atoms with Gasteiger partial charge in [-0.05, 0) is 35.7 Å². The Morgan fingerprint density at radius 2 is 1.89 bits per heavy atom. The maximum atomic E-state index is 6.25. The first-order valence-corrected chi connectivity index (χ1v) is 9.27. The fraction of sp³-hybridized carbons (Fsp3) is 0.200. The van der Waals surface area contributed by atoms with E-state index in [1.165, 1.54) is 11.9 Å². The fourth-order valence-electron chi connectivity index (χ4n) is 2.93. The largest absolute Gasteiger partial charge is 0.497 e. The van der Waals surface area contributed by atoms with Gasteiger partial charge in [-0.15, -0.1) is 5.10 Å². The van der Waals surface area contributed by atoms with Crippen molar-refractivity contribution in [2.24, 2.45) is 0 Å². The Bertz CT molecular complexity index is 1080. The predicted molar refractivity (Wildman–Crippen MR) is 109 cm³/mol. The van der Waals surface area contributed by atoms with E-state index >= 15 is 0 Å². The Morgan fingerprint density at radius 3 is 2.68 bits per heavy atom. The maximum absolute atomic E-state index is 6.25. The number of anilines is 1. The van der Waals surface area contributed by atoms with Crippen LogP contribution >= 0.6 is 11.6 Å². The topological polar surface area (TPSA) is 77.8 Å². The molecule has 0 aliphatic heterocycles. The van der Waals surface area contributed by atoms with Crippen molar-refractivity contribution in [2.45, 2.75) is 13.0 Å². The van der Waals surface area contributed by atoms with Crippen LogP contribution in [-0.2, 0) is 13.0 Å². The van der Waals surface area contributed by atoms with Crippen LogP contribution in [-0.4, -0.2) is 38.6 Å². The number of methoxy groups -OCH3 is 1. The molecule has 4 rings (SSSR count). The molecule has 0 unspecified atom stereocenters. The van der Waals surface area contributed by atoms with Crippen molar-refractivity contribution < 1.29 is 4.74 Å². The molecule has 2 heterocycles. The first-order chi connectivity index (χ1) is 13.7. The number of benzene rings is 2. The van der Waals surface area contributed by atoms with E-state index in [4.69, 9.17) is 16.3 Å². The van der Waals surface area contributed by atoms with Gasteiger partial charge in [-0.3, -0.25) is 0 Å². The molecule has 2 aromatic heterocycles. The van der Waals surface area contributed by atoms with Gasteiger partial charge in [0.2, 0.25) is 0 Å². The van der Waals surface area contributed by atoms with E-state index in [9.17, 15) is 0 Å². The molecular weight excluding hydrogens is 376 g/mol. The number of halogens is 1. The van der Waals surface area contributed by atoms with Gasteiger partial charge < -0.3 is 10.1 Å². The summed E-state index contributed by atoms with van der Waals surface area (Å²) in [6.07, 6.45) is 2.37. The lowest BCUT2D eigenvalue weighted by molar-refractivity contribution is 0.414. The first kappa shape index (κ1) is 18.2. The van der Waals surface area contributed by atoms with Crippen molar-refractivity contribution >= 4 is 28.6 Å². The van der Waals surface area contributed by atoms with Gasteiger partial charge in [-0.2, -0.15) is 0 Å². The summed E-state index contributed by atoms with van der Waals surface area (Å²) in [7, 11) is 1.66. The molecule has 7 nitrogen and oxygen atoms in total. The monoisotopic (exact) mass is 394 g/mol. The zero-order chi connectivity index (χ0) is 19.3. The molecule has 0 saturated heterocycles. The first-order valence-electron chi connectivity index (χ1n) is 8.89. The Kier molecular flexibility index (Phi) is 5.34. The van der Waals surface area contributed by atoms with Crippen LogP contribution in [0.1, 0.15) is 11.1 Å². The zero-order valence-corrected chi connectivity index (χ0v) is 16.1. The summed E-state index contributed by atoms with van der Waals surface area (Å²) >= 11 is 6.25. The van der Waals surface area contributed by atoms with Crippen LogP contribution in [0.15, 0.2) is 54.9 Å². The third kappa shape index (κ3) is 3.89. The molecule has 0 radical (unpaired) electrons. The Morgan fingerprint density at radius 1 is 1.07 bits per heavy atom. The smallest absolute Gasteiger partial charge is 0.184 e. The Hall–Kier alpha value is -3.19. The standard InChI is InChI=1S/C20H19ClN6O/c1-28-16-8-6-14(7-9-16)10-11-22-19-18-20(24-13-23-19)27(26-25-18)12-15-4-2-3-5-17(15)21/h2-9,13H,10-12H2,1H3,(H,22,23,24). The van der Waals surface area contributed by atoms with Crippen molar-refractivity contribution in [2.75, 3.05) is 19.0 Å². The minimum absolute atomic E-state index is 0.498. The van der Waals surface area contributed by atoms with Crippen molar-refractivity contribution in [1.82, 2.24) is 25.0 Å². The molecule has 0 atom stereocenters.